The molecular weight excluding hydrogens is 258 g/mol. The Bertz CT molecular complexity index is 393. The quantitative estimate of drug-likeness (QED) is 0.638. The van der Waals surface area contributed by atoms with Gasteiger partial charge in [-0.05, 0) is 32.1 Å². The van der Waals surface area contributed by atoms with Crippen LogP contribution in [-0.2, 0) is 12.8 Å². The van der Waals surface area contributed by atoms with E-state index in [2.05, 4.69) is 22.5 Å². The number of nitrogens with zero attached hydrogens (tertiary/aromatic N) is 1. The smallest absolute Gasteiger partial charge is 0.321 e. The number of anilines is 1. The topological polar surface area (TPSA) is 54.0 Å². The fraction of sp³-hybridized carbons (Fsp3) is 0.714. The molecule has 1 aromatic rings. The van der Waals surface area contributed by atoms with Gasteiger partial charge in [0.2, 0.25) is 0 Å². The standard InChI is InChI=1S/C14H23N3OS/c1-2-3-7-10-15-13(18)17-14-16-11-8-5-4-6-9-12(11)19-14/h2-10H2,1H3,(H2,15,16,17,18). The van der Waals surface area contributed by atoms with Crippen molar-refractivity contribution in [1.82, 2.24) is 10.3 Å². The maximum Gasteiger partial charge on any atom is 0.321 e. The SMILES string of the molecule is CCCCCNC(=O)Nc1nc2c(s1)CCCCC2. The van der Waals surface area contributed by atoms with Crippen molar-refractivity contribution in [2.24, 2.45) is 0 Å². The highest BCUT2D eigenvalue weighted by Crippen LogP contribution is 2.28. The number of unbranched alkanes of at least 4 members (excludes halogenated alkanes) is 2. The van der Waals surface area contributed by atoms with E-state index in [9.17, 15) is 4.79 Å². The molecule has 4 nitrogen and oxygen atoms in total. The predicted octanol–water partition coefficient (Wildman–Crippen LogP) is 3.72. The number of rotatable bonds is 5. The van der Waals surface area contributed by atoms with Crippen LogP contribution in [-0.4, -0.2) is 17.6 Å². The van der Waals surface area contributed by atoms with Crippen molar-refractivity contribution in [3.63, 3.8) is 0 Å². The Morgan fingerprint density at radius 3 is 2.95 bits per heavy atom. The summed E-state index contributed by atoms with van der Waals surface area (Å²) in [6.07, 6.45) is 9.31. The molecule has 1 heterocycles. The van der Waals surface area contributed by atoms with Gasteiger partial charge in [0.25, 0.3) is 0 Å². The number of urea groups is 1. The van der Waals surface area contributed by atoms with Crippen LogP contribution in [0, 0.1) is 0 Å². The molecule has 0 fully saturated rings. The predicted molar refractivity (Wildman–Crippen MR) is 79.9 cm³/mol. The molecule has 0 aromatic carbocycles. The van der Waals surface area contributed by atoms with Crippen LogP contribution in [0.15, 0.2) is 0 Å². The van der Waals surface area contributed by atoms with Crippen LogP contribution < -0.4 is 10.6 Å². The number of hydrogen-bond acceptors (Lipinski definition) is 3. The molecule has 0 spiro atoms. The first-order valence-corrected chi connectivity index (χ1v) is 8.14. The van der Waals surface area contributed by atoms with Crippen LogP contribution in [0.25, 0.3) is 0 Å². The molecule has 2 N–H and O–H groups in total. The third kappa shape index (κ3) is 4.49. The van der Waals surface area contributed by atoms with Gasteiger partial charge in [-0.15, -0.1) is 11.3 Å². The van der Waals surface area contributed by atoms with Gasteiger partial charge in [-0.25, -0.2) is 9.78 Å². The fourth-order valence-corrected chi connectivity index (χ4v) is 3.35. The van der Waals surface area contributed by atoms with Gasteiger partial charge in [-0.3, -0.25) is 5.32 Å². The molecule has 106 valence electrons. The van der Waals surface area contributed by atoms with Gasteiger partial charge < -0.3 is 5.32 Å². The summed E-state index contributed by atoms with van der Waals surface area (Å²) in [5, 5.41) is 6.48. The van der Waals surface area contributed by atoms with E-state index in [1.165, 1.54) is 36.3 Å². The minimum atomic E-state index is -0.125. The summed E-state index contributed by atoms with van der Waals surface area (Å²) in [7, 11) is 0. The van der Waals surface area contributed by atoms with E-state index in [4.69, 9.17) is 0 Å². The third-order valence-corrected chi connectivity index (χ3v) is 4.45. The van der Waals surface area contributed by atoms with Crippen LogP contribution in [0.5, 0.6) is 0 Å². The molecule has 0 saturated heterocycles. The lowest BCUT2D eigenvalue weighted by atomic mass is 10.2. The molecule has 5 heteroatoms. The highest BCUT2D eigenvalue weighted by Gasteiger charge is 2.15. The Labute approximate surface area is 119 Å². The number of carbonyl (C=O) groups is 1. The van der Waals surface area contributed by atoms with E-state index in [0.29, 0.717) is 0 Å². The van der Waals surface area contributed by atoms with Crippen molar-refractivity contribution in [3.8, 4) is 0 Å². The normalized spacial score (nSPS) is 14.6. The van der Waals surface area contributed by atoms with Gasteiger partial charge in [0, 0.05) is 11.4 Å². The number of fused-ring (bicyclic) bond motifs is 1. The summed E-state index contributed by atoms with van der Waals surface area (Å²) >= 11 is 1.64. The van der Waals surface area contributed by atoms with E-state index in [0.717, 1.165) is 37.4 Å². The highest BCUT2D eigenvalue weighted by atomic mass is 32.1. The van der Waals surface area contributed by atoms with Crippen LogP contribution in [0.4, 0.5) is 9.93 Å². The lowest BCUT2D eigenvalue weighted by Gasteiger charge is -2.04. The van der Waals surface area contributed by atoms with Crippen molar-refractivity contribution in [1.29, 1.82) is 0 Å². The molecule has 0 bridgehead atoms. The number of amides is 2. The molecule has 0 unspecified atom stereocenters. The average molecular weight is 281 g/mol. The van der Waals surface area contributed by atoms with Crippen molar-refractivity contribution < 1.29 is 4.79 Å². The first kappa shape index (κ1) is 14.3. The van der Waals surface area contributed by atoms with Gasteiger partial charge in [0.1, 0.15) is 0 Å². The molecule has 1 aliphatic rings. The first-order valence-electron chi connectivity index (χ1n) is 7.33. The van der Waals surface area contributed by atoms with Crippen molar-refractivity contribution >= 4 is 22.5 Å². The summed E-state index contributed by atoms with van der Waals surface area (Å²) in [5.41, 5.74) is 1.20. The van der Waals surface area contributed by atoms with Crippen LogP contribution in [0.1, 0.15) is 56.0 Å². The summed E-state index contributed by atoms with van der Waals surface area (Å²) in [6.45, 7) is 2.90. The van der Waals surface area contributed by atoms with E-state index < -0.39 is 0 Å². The van der Waals surface area contributed by atoms with E-state index in [1.54, 1.807) is 11.3 Å². The van der Waals surface area contributed by atoms with E-state index in [-0.39, 0.29) is 6.03 Å². The Balaban J connectivity index is 1.80. The molecule has 0 saturated carbocycles. The van der Waals surface area contributed by atoms with Crippen molar-refractivity contribution in [2.45, 2.75) is 58.3 Å². The molecule has 2 rings (SSSR count). The molecule has 1 aromatic heterocycles. The Kier molecular flexibility index (Phi) is 5.63. The molecule has 0 aliphatic heterocycles. The summed E-state index contributed by atoms with van der Waals surface area (Å²) < 4.78 is 0. The van der Waals surface area contributed by atoms with Crippen LogP contribution in [0.2, 0.25) is 0 Å². The highest BCUT2D eigenvalue weighted by molar-refractivity contribution is 7.15. The minimum absolute atomic E-state index is 0.125. The molecule has 1 aliphatic carbocycles. The van der Waals surface area contributed by atoms with Gasteiger partial charge in [-0.1, -0.05) is 26.2 Å². The van der Waals surface area contributed by atoms with Crippen LogP contribution in [0.3, 0.4) is 0 Å². The average Bonchev–Trinajstić information content (AvgIpc) is 2.64. The van der Waals surface area contributed by atoms with Gasteiger partial charge in [-0.2, -0.15) is 0 Å². The van der Waals surface area contributed by atoms with Gasteiger partial charge >= 0.3 is 6.03 Å². The maximum atomic E-state index is 11.7. The zero-order chi connectivity index (χ0) is 13.5. The molecule has 2 amide bonds. The second-order valence-electron chi connectivity index (χ2n) is 5.04. The lowest BCUT2D eigenvalue weighted by Crippen LogP contribution is -2.29. The first-order chi connectivity index (χ1) is 9.29. The zero-order valence-electron chi connectivity index (χ0n) is 11.6. The number of nitrogens with one attached hydrogen (secondary N) is 2. The number of hydrogen-bond donors (Lipinski definition) is 2. The lowest BCUT2D eigenvalue weighted by molar-refractivity contribution is 0.252. The monoisotopic (exact) mass is 281 g/mol. The Morgan fingerprint density at radius 2 is 2.11 bits per heavy atom. The van der Waals surface area contributed by atoms with E-state index >= 15 is 0 Å². The fourth-order valence-electron chi connectivity index (χ4n) is 2.30. The number of aryl methyl sites for hydroxylation is 2. The van der Waals surface area contributed by atoms with E-state index in [1.807, 2.05) is 0 Å². The summed E-state index contributed by atoms with van der Waals surface area (Å²) in [4.78, 5) is 17.6. The zero-order valence-corrected chi connectivity index (χ0v) is 12.4. The molecular formula is C14H23N3OS. The summed E-state index contributed by atoms with van der Waals surface area (Å²) in [6, 6.07) is -0.125. The molecule has 19 heavy (non-hydrogen) atoms. The number of thiazole rings is 1. The third-order valence-electron chi connectivity index (χ3n) is 3.38. The van der Waals surface area contributed by atoms with Crippen molar-refractivity contribution in [2.75, 3.05) is 11.9 Å². The Morgan fingerprint density at radius 1 is 1.26 bits per heavy atom. The number of aromatic nitrogens is 1. The summed E-state index contributed by atoms with van der Waals surface area (Å²) in [5.74, 6) is 0. The minimum Gasteiger partial charge on any atom is -0.338 e. The molecule has 0 atom stereocenters. The maximum absolute atomic E-state index is 11.7. The largest absolute Gasteiger partial charge is 0.338 e. The second-order valence-corrected chi connectivity index (χ2v) is 6.12. The van der Waals surface area contributed by atoms with Gasteiger partial charge in [0.05, 0.1) is 5.69 Å². The van der Waals surface area contributed by atoms with Crippen LogP contribution >= 0.6 is 11.3 Å². The molecule has 0 radical (unpaired) electrons. The Hall–Kier alpha value is -1.10. The second kappa shape index (κ2) is 7.48. The van der Waals surface area contributed by atoms with Crippen molar-refractivity contribution in [3.05, 3.63) is 10.6 Å². The number of carbonyl (C=O) groups excluding carboxylic acids is 1. The van der Waals surface area contributed by atoms with Gasteiger partial charge in [0.15, 0.2) is 5.13 Å².